The van der Waals surface area contributed by atoms with Crippen LogP contribution in [-0.2, 0) is 42.1 Å². The summed E-state index contributed by atoms with van der Waals surface area (Å²) < 4.78 is 67.4. The maximum Gasteiger partial charge on any atom is 0.370 e. The van der Waals surface area contributed by atoms with Gasteiger partial charge in [-0.15, -0.1) is 0 Å². The fourth-order valence-electron chi connectivity index (χ4n) is 8.08. The summed E-state index contributed by atoms with van der Waals surface area (Å²) in [6.07, 6.45) is 14.7. The number of aliphatic carboxylic acids is 1. The molecule has 0 saturated heterocycles. The largest absolute Gasteiger partial charge is 0.744 e. The van der Waals surface area contributed by atoms with Crippen LogP contribution in [0.2, 0.25) is 0 Å². The molecular weight excluding hydrogens is 787 g/mol. The van der Waals surface area contributed by atoms with Gasteiger partial charge in [-0.3, -0.25) is 0 Å². The molecule has 318 valence electrons. The molecule has 0 amide bonds. The summed E-state index contributed by atoms with van der Waals surface area (Å²) in [4.78, 5) is 13.8. The number of fused-ring (bicyclic) bond motifs is 2. The van der Waals surface area contributed by atoms with Crippen molar-refractivity contribution in [3.8, 4) is 0 Å². The van der Waals surface area contributed by atoms with Crippen LogP contribution in [0.4, 0.5) is 11.4 Å². The molecule has 0 fully saturated rings. The second-order valence-corrected chi connectivity index (χ2v) is 22.3. The first-order valence-corrected chi connectivity index (χ1v) is 23.2. The van der Waals surface area contributed by atoms with Gasteiger partial charge in [0.2, 0.25) is 12.2 Å². The van der Waals surface area contributed by atoms with Crippen LogP contribution in [0.3, 0.4) is 0 Å². The summed E-state index contributed by atoms with van der Waals surface area (Å²) in [5.74, 6) is -0.951. The van der Waals surface area contributed by atoms with Gasteiger partial charge in [0.05, 0.1) is 77.0 Å². The lowest BCUT2D eigenvalue weighted by Gasteiger charge is -2.29. The van der Waals surface area contributed by atoms with Gasteiger partial charge in [-0.05, 0) is 73.0 Å². The van der Waals surface area contributed by atoms with Gasteiger partial charge in [0, 0.05) is 65.9 Å². The first-order chi connectivity index (χ1) is 27.1. The minimum atomic E-state index is -4.68. The number of anilines is 1. The summed E-state index contributed by atoms with van der Waals surface area (Å²) in [5, 5.41) is 9.44. The van der Waals surface area contributed by atoms with E-state index in [1.807, 2.05) is 38.1 Å². The molecule has 12 nitrogen and oxygen atoms in total. The number of hydrogen-bond acceptors (Lipinski definition) is 7. The standard InChI is InChI=1S/C45H61N5O7S2/c1-44(2)37-30-35(58(11,53)54)16-18-39(37)47(24-12-28-49(5,6)7)41(44)20-14-33(34-22-26-46(27-23-34)32-43(51)52)15-21-42-45(3,4)38-31-36(59(55,56)57)17-19-40(38)48(42)25-13-29-50(8,9)10/h14-23,26-27,30-31H,12-13,24-25,28-29,32H2,1-11H3/q+2/p+1. The Morgan fingerprint density at radius 3 is 2.00 bits per heavy atom. The van der Waals surface area contributed by atoms with E-state index in [2.05, 4.69) is 83.8 Å². The molecule has 2 aromatic carbocycles. The number of carbonyl (C=O) groups is 1. The van der Waals surface area contributed by atoms with Gasteiger partial charge in [-0.2, -0.15) is 9.14 Å². The average molecular weight is 849 g/mol. The van der Waals surface area contributed by atoms with Crippen LogP contribution in [0.25, 0.3) is 5.57 Å². The maximum absolute atomic E-state index is 12.7. The quantitative estimate of drug-likeness (QED) is 0.0893. The number of allylic oxidation sites excluding steroid dienone is 6. The van der Waals surface area contributed by atoms with Crippen molar-refractivity contribution in [1.82, 2.24) is 0 Å². The lowest BCUT2D eigenvalue weighted by Crippen LogP contribution is -2.37. The Morgan fingerprint density at radius 2 is 1.42 bits per heavy atom. The second-order valence-electron chi connectivity index (χ2n) is 18.9. The molecule has 1 N–H and O–H groups in total. The zero-order valence-electron chi connectivity index (χ0n) is 36.5. The van der Waals surface area contributed by atoms with E-state index in [4.69, 9.17) is 0 Å². The van der Waals surface area contributed by atoms with Crippen molar-refractivity contribution < 1.29 is 49.4 Å². The molecule has 0 aliphatic carbocycles. The Kier molecular flexibility index (Phi) is 12.8. The molecule has 14 heteroatoms. The van der Waals surface area contributed by atoms with E-state index in [9.17, 15) is 31.3 Å². The highest BCUT2D eigenvalue weighted by molar-refractivity contribution is 7.90. The monoisotopic (exact) mass is 848 g/mol. The summed E-state index contributed by atoms with van der Waals surface area (Å²) >= 11 is 0. The van der Waals surface area contributed by atoms with E-state index < -0.39 is 36.8 Å². The molecule has 0 saturated carbocycles. The fourth-order valence-corrected chi connectivity index (χ4v) is 9.22. The first-order valence-electron chi connectivity index (χ1n) is 19.9. The number of rotatable bonds is 16. The number of nitrogens with zero attached hydrogens (tertiary/aromatic N) is 5. The topological polar surface area (TPSA) is 139 Å². The highest BCUT2D eigenvalue weighted by Gasteiger charge is 2.45. The van der Waals surface area contributed by atoms with Gasteiger partial charge in [0.1, 0.15) is 10.1 Å². The number of aromatic nitrogens is 1. The Hall–Kier alpha value is -4.47. The minimum Gasteiger partial charge on any atom is -0.744 e. The summed E-state index contributed by atoms with van der Waals surface area (Å²) in [6, 6.07) is 13.8. The zero-order chi connectivity index (χ0) is 43.9. The third-order valence-corrected chi connectivity index (χ3v) is 13.2. The second kappa shape index (κ2) is 16.5. The van der Waals surface area contributed by atoms with Crippen LogP contribution in [-0.4, -0.2) is 126 Å². The Labute approximate surface area is 351 Å². The number of benzene rings is 2. The van der Waals surface area contributed by atoms with Gasteiger partial charge < -0.3 is 23.5 Å². The molecule has 0 spiro atoms. The predicted molar refractivity (Wildman–Crippen MR) is 232 cm³/mol. The van der Waals surface area contributed by atoms with E-state index in [1.165, 1.54) is 18.4 Å². The van der Waals surface area contributed by atoms with Crippen molar-refractivity contribution in [3.05, 3.63) is 108 Å². The molecule has 0 bridgehead atoms. The van der Waals surface area contributed by atoms with Gasteiger partial charge >= 0.3 is 5.97 Å². The number of sulfone groups is 1. The van der Waals surface area contributed by atoms with Crippen LogP contribution >= 0.6 is 0 Å². The molecule has 5 rings (SSSR count). The number of carboxylic acids is 1. The van der Waals surface area contributed by atoms with Crippen molar-refractivity contribution in [1.29, 1.82) is 0 Å². The Bertz CT molecular complexity index is 2470. The summed E-state index contributed by atoms with van der Waals surface area (Å²) in [5.41, 5.74) is 5.93. The SMILES string of the molecule is CC1(C)C(=CC=C(C=CC2=[N+](CCC[N+](C)(C)C)c3ccc(S(C)(=O)=O)cc3C2(C)C)c2cc[n+](CC(=O)O)cc2)N(CCC[N+](C)(C)C)c2ccc(S(=O)(=O)[O-])cc21. The van der Waals surface area contributed by atoms with Crippen LogP contribution in [0, 0.1) is 0 Å². The van der Waals surface area contributed by atoms with E-state index >= 15 is 0 Å². The normalized spacial score (nSPS) is 17.6. The predicted octanol–water partition coefficient (Wildman–Crippen LogP) is 5.26. The fraction of sp³-hybridized carbons (Fsp3) is 0.444. The number of quaternary nitrogens is 2. The highest BCUT2D eigenvalue weighted by Crippen LogP contribution is 2.49. The minimum absolute atomic E-state index is 0.183. The first kappa shape index (κ1) is 45.6. The van der Waals surface area contributed by atoms with Crippen molar-refractivity contribution in [3.63, 3.8) is 0 Å². The smallest absolute Gasteiger partial charge is 0.370 e. The molecule has 3 aromatic rings. The van der Waals surface area contributed by atoms with Crippen LogP contribution in [0.1, 0.15) is 57.2 Å². The van der Waals surface area contributed by atoms with Crippen LogP contribution < -0.4 is 9.47 Å². The molecule has 59 heavy (non-hydrogen) atoms. The number of carboxylic acid groups (broad SMARTS) is 1. The lowest BCUT2D eigenvalue weighted by molar-refractivity contribution is -0.871. The molecule has 2 aliphatic heterocycles. The van der Waals surface area contributed by atoms with Gasteiger partial charge in [-0.1, -0.05) is 19.9 Å². The zero-order valence-corrected chi connectivity index (χ0v) is 38.1. The third-order valence-electron chi connectivity index (χ3n) is 11.2. The molecule has 0 unspecified atom stereocenters. The Balaban J connectivity index is 1.69. The van der Waals surface area contributed by atoms with Crippen molar-refractivity contribution in [2.24, 2.45) is 0 Å². The Morgan fingerprint density at radius 1 is 0.831 bits per heavy atom. The molecule has 0 atom stereocenters. The molecule has 1 aromatic heterocycles. The van der Waals surface area contributed by atoms with Gasteiger partial charge in [-0.25, -0.2) is 21.6 Å². The summed E-state index contributed by atoms with van der Waals surface area (Å²) in [6.45, 7) is 11.4. The van der Waals surface area contributed by atoms with Crippen molar-refractivity contribution in [2.45, 2.75) is 67.7 Å². The van der Waals surface area contributed by atoms with Gasteiger partial charge in [0.15, 0.2) is 34.5 Å². The van der Waals surface area contributed by atoms with E-state index in [0.29, 0.717) is 6.54 Å². The van der Waals surface area contributed by atoms with E-state index in [-0.39, 0.29) is 16.3 Å². The van der Waals surface area contributed by atoms with Crippen molar-refractivity contribution in [2.75, 3.05) is 79.6 Å². The molecule has 2 aliphatic rings. The third kappa shape index (κ3) is 10.6. The number of hydrogen-bond donors (Lipinski definition) is 1. The molecular formula is C45H62N5O7S2+3. The van der Waals surface area contributed by atoms with Gasteiger partial charge in [0.25, 0.3) is 0 Å². The van der Waals surface area contributed by atoms with E-state index in [1.54, 1.807) is 35.2 Å². The van der Waals surface area contributed by atoms with Crippen LogP contribution in [0.5, 0.6) is 0 Å². The average Bonchev–Trinajstić information content (AvgIpc) is 3.44. The van der Waals surface area contributed by atoms with Crippen molar-refractivity contribution >= 4 is 48.6 Å². The molecule has 3 heterocycles. The molecule has 0 radical (unpaired) electrons. The maximum atomic E-state index is 12.7. The number of pyridine rings is 1. The van der Waals surface area contributed by atoms with Crippen LogP contribution in [0.15, 0.2) is 101 Å². The summed E-state index contributed by atoms with van der Waals surface area (Å²) in [7, 11) is 4.79. The van der Waals surface area contributed by atoms with E-state index in [0.717, 1.165) is 86.5 Å². The highest BCUT2D eigenvalue weighted by atomic mass is 32.2. The lowest BCUT2D eigenvalue weighted by atomic mass is 9.81.